The van der Waals surface area contributed by atoms with E-state index in [1.807, 2.05) is 20.8 Å². The minimum absolute atomic E-state index is 0.0182. The highest BCUT2D eigenvalue weighted by atomic mass is 16.5. The van der Waals surface area contributed by atoms with E-state index in [-0.39, 0.29) is 35.8 Å². The van der Waals surface area contributed by atoms with Crippen molar-refractivity contribution in [1.82, 2.24) is 14.7 Å². The number of carbonyl (C=O) groups is 3. The van der Waals surface area contributed by atoms with Gasteiger partial charge < -0.3 is 19.4 Å². The van der Waals surface area contributed by atoms with Gasteiger partial charge in [-0.25, -0.2) is 4.79 Å². The van der Waals surface area contributed by atoms with Gasteiger partial charge in [0.25, 0.3) is 0 Å². The summed E-state index contributed by atoms with van der Waals surface area (Å²) in [6.45, 7) is 8.36. The second-order valence-electron chi connectivity index (χ2n) is 6.86. The second-order valence-corrected chi connectivity index (χ2v) is 6.86. The van der Waals surface area contributed by atoms with E-state index < -0.39 is 0 Å². The molecule has 124 valence electrons. The number of likely N-dealkylation sites (tertiary alicyclic amines) is 1. The third-order valence-corrected chi connectivity index (χ3v) is 4.31. The van der Waals surface area contributed by atoms with Crippen LogP contribution in [0.4, 0.5) is 4.79 Å². The van der Waals surface area contributed by atoms with Crippen LogP contribution in [-0.2, 0) is 14.3 Å². The molecular weight excluding hydrogens is 286 g/mol. The summed E-state index contributed by atoms with van der Waals surface area (Å²) in [5.74, 6) is -0.208. The van der Waals surface area contributed by atoms with E-state index in [1.54, 1.807) is 14.7 Å². The fourth-order valence-electron chi connectivity index (χ4n) is 3.02. The van der Waals surface area contributed by atoms with Gasteiger partial charge in [0.15, 0.2) is 0 Å². The van der Waals surface area contributed by atoms with Crippen molar-refractivity contribution in [3.8, 4) is 0 Å². The van der Waals surface area contributed by atoms with Gasteiger partial charge in [-0.05, 0) is 20.8 Å². The average molecular weight is 311 g/mol. The minimum Gasteiger partial charge on any atom is -0.453 e. The lowest BCUT2D eigenvalue weighted by atomic mass is 10.1. The van der Waals surface area contributed by atoms with Crippen LogP contribution in [0.1, 0.15) is 27.2 Å². The van der Waals surface area contributed by atoms with E-state index in [4.69, 9.17) is 0 Å². The number of rotatable bonds is 1. The van der Waals surface area contributed by atoms with E-state index in [2.05, 4.69) is 4.74 Å². The maximum atomic E-state index is 12.6. The van der Waals surface area contributed by atoms with Gasteiger partial charge in [-0.15, -0.1) is 0 Å². The maximum Gasteiger partial charge on any atom is 0.409 e. The number of hydrogen-bond donors (Lipinski definition) is 0. The Balaban J connectivity index is 1.91. The smallest absolute Gasteiger partial charge is 0.409 e. The van der Waals surface area contributed by atoms with Gasteiger partial charge in [0, 0.05) is 44.7 Å². The number of hydrogen-bond acceptors (Lipinski definition) is 4. The molecule has 22 heavy (non-hydrogen) atoms. The van der Waals surface area contributed by atoms with Crippen molar-refractivity contribution in [2.24, 2.45) is 5.92 Å². The molecule has 0 spiro atoms. The molecule has 0 aromatic rings. The summed E-state index contributed by atoms with van der Waals surface area (Å²) >= 11 is 0. The molecule has 0 aromatic carbocycles. The first kappa shape index (κ1) is 16.6. The Labute approximate surface area is 131 Å². The van der Waals surface area contributed by atoms with Gasteiger partial charge in [0.05, 0.1) is 13.0 Å². The zero-order chi connectivity index (χ0) is 16.5. The Bertz CT molecular complexity index is 464. The molecule has 2 saturated heterocycles. The molecule has 2 fully saturated rings. The molecule has 1 atom stereocenters. The van der Waals surface area contributed by atoms with Crippen molar-refractivity contribution in [2.75, 3.05) is 39.8 Å². The van der Waals surface area contributed by atoms with E-state index in [0.717, 1.165) is 0 Å². The minimum atomic E-state index is -0.359. The Hall–Kier alpha value is -1.79. The highest BCUT2D eigenvalue weighted by molar-refractivity contribution is 5.89. The number of carbonyl (C=O) groups excluding carboxylic acids is 3. The third kappa shape index (κ3) is 3.34. The van der Waals surface area contributed by atoms with Crippen molar-refractivity contribution >= 4 is 17.9 Å². The van der Waals surface area contributed by atoms with Gasteiger partial charge in [-0.3, -0.25) is 9.59 Å². The maximum absolute atomic E-state index is 12.6. The molecule has 2 aliphatic rings. The Morgan fingerprint density at radius 3 is 2.09 bits per heavy atom. The first-order valence-electron chi connectivity index (χ1n) is 7.66. The number of nitrogens with zero attached hydrogens (tertiary/aromatic N) is 3. The first-order valence-corrected chi connectivity index (χ1v) is 7.66. The fraction of sp³-hybridized carbons (Fsp3) is 0.800. The van der Waals surface area contributed by atoms with Gasteiger partial charge in [0.1, 0.15) is 0 Å². The molecule has 0 radical (unpaired) electrons. The van der Waals surface area contributed by atoms with Crippen LogP contribution in [0.2, 0.25) is 0 Å². The van der Waals surface area contributed by atoms with Crippen LogP contribution < -0.4 is 0 Å². The quantitative estimate of drug-likeness (QED) is 0.709. The normalized spacial score (nSPS) is 23.0. The summed E-state index contributed by atoms with van der Waals surface area (Å²) < 4.78 is 4.68. The molecule has 0 aromatic heterocycles. The van der Waals surface area contributed by atoms with Gasteiger partial charge in [-0.1, -0.05) is 0 Å². The highest BCUT2D eigenvalue weighted by Gasteiger charge is 2.41. The van der Waals surface area contributed by atoms with Crippen LogP contribution in [-0.4, -0.2) is 78.0 Å². The number of ether oxygens (including phenoxy) is 1. The summed E-state index contributed by atoms with van der Waals surface area (Å²) in [6, 6.07) is 0. The lowest BCUT2D eigenvalue weighted by Crippen LogP contribution is -2.52. The summed E-state index contributed by atoms with van der Waals surface area (Å²) in [4.78, 5) is 41.2. The molecular formula is C15H25N3O4. The van der Waals surface area contributed by atoms with Gasteiger partial charge in [-0.2, -0.15) is 0 Å². The third-order valence-electron chi connectivity index (χ3n) is 4.31. The Morgan fingerprint density at radius 2 is 1.64 bits per heavy atom. The van der Waals surface area contributed by atoms with Crippen molar-refractivity contribution in [3.63, 3.8) is 0 Å². The lowest BCUT2D eigenvalue weighted by Gasteiger charge is -2.35. The number of amides is 3. The number of piperazine rings is 1. The summed E-state index contributed by atoms with van der Waals surface area (Å²) in [6.07, 6.45) is -0.0742. The standard InChI is InChI=1S/C15H25N3O4/c1-15(2,3)18-10-11(9-12(18)19)13(20)16-5-7-17(8-6-16)14(21)22-4/h11H,5-10H2,1-4H3. The predicted octanol–water partition coefficient (Wildman–Crippen LogP) is 0.544. The molecule has 2 heterocycles. The molecule has 3 amide bonds. The molecule has 7 heteroatoms. The molecule has 0 saturated carbocycles. The van der Waals surface area contributed by atoms with Crippen molar-refractivity contribution < 1.29 is 19.1 Å². The molecule has 0 N–H and O–H groups in total. The van der Waals surface area contributed by atoms with Crippen LogP contribution in [0.15, 0.2) is 0 Å². The summed E-state index contributed by atoms with van der Waals surface area (Å²) in [5, 5.41) is 0. The molecule has 1 unspecified atom stereocenters. The second kappa shape index (κ2) is 6.14. The zero-order valence-electron chi connectivity index (χ0n) is 13.8. The molecule has 2 rings (SSSR count). The van der Waals surface area contributed by atoms with E-state index in [9.17, 15) is 14.4 Å². The van der Waals surface area contributed by atoms with Crippen molar-refractivity contribution in [1.29, 1.82) is 0 Å². The lowest BCUT2D eigenvalue weighted by molar-refractivity contribution is -0.137. The molecule has 2 aliphatic heterocycles. The van der Waals surface area contributed by atoms with Gasteiger partial charge >= 0.3 is 6.09 Å². The largest absolute Gasteiger partial charge is 0.453 e. The molecule has 0 bridgehead atoms. The zero-order valence-corrected chi connectivity index (χ0v) is 13.8. The topological polar surface area (TPSA) is 70.2 Å². The van der Waals surface area contributed by atoms with Crippen LogP contribution in [0.3, 0.4) is 0 Å². The summed E-state index contributed by atoms with van der Waals surface area (Å²) in [5.41, 5.74) is -0.254. The fourth-order valence-corrected chi connectivity index (χ4v) is 3.02. The van der Waals surface area contributed by atoms with Crippen LogP contribution in [0, 0.1) is 5.92 Å². The predicted molar refractivity (Wildman–Crippen MR) is 80.1 cm³/mol. The molecule has 0 aliphatic carbocycles. The van der Waals surface area contributed by atoms with Crippen LogP contribution >= 0.6 is 0 Å². The van der Waals surface area contributed by atoms with E-state index in [0.29, 0.717) is 32.7 Å². The average Bonchev–Trinajstić information content (AvgIpc) is 2.88. The first-order chi connectivity index (χ1) is 10.2. The Kier molecular flexibility index (Phi) is 4.63. The Morgan fingerprint density at radius 1 is 1.09 bits per heavy atom. The van der Waals surface area contributed by atoms with Crippen molar-refractivity contribution in [2.45, 2.75) is 32.7 Å². The number of methoxy groups -OCH3 is 1. The molecule has 7 nitrogen and oxygen atoms in total. The SMILES string of the molecule is COC(=O)N1CCN(C(=O)C2CC(=O)N(C(C)(C)C)C2)CC1. The van der Waals surface area contributed by atoms with Crippen molar-refractivity contribution in [3.05, 3.63) is 0 Å². The van der Waals surface area contributed by atoms with Crippen LogP contribution in [0.25, 0.3) is 0 Å². The van der Waals surface area contributed by atoms with E-state index in [1.165, 1.54) is 7.11 Å². The monoisotopic (exact) mass is 311 g/mol. The van der Waals surface area contributed by atoms with Crippen LogP contribution in [0.5, 0.6) is 0 Å². The summed E-state index contributed by atoms with van der Waals surface area (Å²) in [7, 11) is 1.35. The van der Waals surface area contributed by atoms with E-state index >= 15 is 0 Å². The highest BCUT2D eigenvalue weighted by Crippen LogP contribution is 2.27. The van der Waals surface area contributed by atoms with Gasteiger partial charge in [0.2, 0.25) is 11.8 Å².